The standard InChI is InChI=1S/C20H15NO/c1-3-17(22)21-20-12(2)11-15-8-7-13-5-4-6-14-9-10-16(20)19(15)18(13)14/h3-11H,1H2,2H3,(H,21,22). The van der Waals surface area contributed by atoms with E-state index in [4.69, 9.17) is 0 Å². The molecule has 106 valence electrons. The van der Waals surface area contributed by atoms with Gasteiger partial charge in [-0.25, -0.2) is 0 Å². The molecule has 4 aromatic rings. The van der Waals surface area contributed by atoms with Gasteiger partial charge in [-0.05, 0) is 51.6 Å². The summed E-state index contributed by atoms with van der Waals surface area (Å²) in [7, 11) is 0. The zero-order valence-electron chi connectivity index (χ0n) is 12.3. The van der Waals surface area contributed by atoms with Crippen LogP contribution in [0.1, 0.15) is 5.56 Å². The Bertz CT molecular complexity index is 1030. The molecule has 1 amide bonds. The predicted octanol–water partition coefficient (Wildman–Crippen LogP) is 5.02. The highest BCUT2D eigenvalue weighted by atomic mass is 16.1. The monoisotopic (exact) mass is 285 g/mol. The van der Waals surface area contributed by atoms with Crippen molar-refractivity contribution in [1.29, 1.82) is 0 Å². The lowest BCUT2D eigenvalue weighted by atomic mass is 9.92. The lowest BCUT2D eigenvalue weighted by molar-refractivity contribution is -0.111. The second-order valence-corrected chi connectivity index (χ2v) is 5.62. The molecule has 0 heterocycles. The average molecular weight is 285 g/mol. The second kappa shape index (κ2) is 4.57. The maximum Gasteiger partial charge on any atom is 0.247 e. The van der Waals surface area contributed by atoms with Crippen LogP contribution in [-0.2, 0) is 4.79 Å². The minimum absolute atomic E-state index is 0.182. The summed E-state index contributed by atoms with van der Waals surface area (Å²) >= 11 is 0. The highest BCUT2D eigenvalue weighted by Crippen LogP contribution is 2.39. The van der Waals surface area contributed by atoms with Gasteiger partial charge in [-0.15, -0.1) is 0 Å². The molecular weight excluding hydrogens is 270 g/mol. The largest absolute Gasteiger partial charge is 0.322 e. The molecule has 0 bridgehead atoms. The van der Waals surface area contributed by atoms with Crippen molar-refractivity contribution in [2.24, 2.45) is 0 Å². The number of benzene rings is 4. The highest BCUT2D eigenvalue weighted by Gasteiger charge is 2.13. The first-order chi connectivity index (χ1) is 10.7. The smallest absolute Gasteiger partial charge is 0.247 e. The summed E-state index contributed by atoms with van der Waals surface area (Å²) in [4.78, 5) is 11.8. The Morgan fingerprint density at radius 1 is 1.00 bits per heavy atom. The van der Waals surface area contributed by atoms with Crippen LogP contribution >= 0.6 is 0 Å². The van der Waals surface area contributed by atoms with Gasteiger partial charge >= 0.3 is 0 Å². The van der Waals surface area contributed by atoms with Crippen LogP contribution < -0.4 is 5.32 Å². The van der Waals surface area contributed by atoms with E-state index < -0.39 is 0 Å². The Morgan fingerprint density at radius 3 is 2.41 bits per heavy atom. The van der Waals surface area contributed by atoms with Gasteiger partial charge in [0.05, 0.1) is 5.69 Å². The van der Waals surface area contributed by atoms with Crippen molar-refractivity contribution in [3.8, 4) is 0 Å². The van der Waals surface area contributed by atoms with E-state index >= 15 is 0 Å². The van der Waals surface area contributed by atoms with Gasteiger partial charge < -0.3 is 5.32 Å². The summed E-state index contributed by atoms with van der Waals surface area (Å²) in [6.07, 6.45) is 1.30. The van der Waals surface area contributed by atoms with Crippen molar-refractivity contribution < 1.29 is 4.79 Å². The number of anilines is 1. The van der Waals surface area contributed by atoms with Gasteiger partial charge in [0, 0.05) is 5.39 Å². The van der Waals surface area contributed by atoms with Gasteiger partial charge in [-0.2, -0.15) is 0 Å². The van der Waals surface area contributed by atoms with Crippen LogP contribution in [0.4, 0.5) is 5.69 Å². The first-order valence-corrected chi connectivity index (χ1v) is 7.29. The molecule has 0 atom stereocenters. The molecule has 0 saturated carbocycles. The van der Waals surface area contributed by atoms with Crippen molar-refractivity contribution in [3.63, 3.8) is 0 Å². The van der Waals surface area contributed by atoms with Gasteiger partial charge in [0.15, 0.2) is 0 Å². The molecule has 0 aliphatic rings. The first-order valence-electron chi connectivity index (χ1n) is 7.29. The number of rotatable bonds is 2. The first kappa shape index (κ1) is 12.8. The minimum Gasteiger partial charge on any atom is -0.322 e. The molecule has 0 fully saturated rings. The van der Waals surface area contributed by atoms with E-state index in [9.17, 15) is 4.79 Å². The summed E-state index contributed by atoms with van der Waals surface area (Å²) in [5.41, 5.74) is 1.93. The van der Waals surface area contributed by atoms with Gasteiger partial charge in [-0.1, -0.05) is 49.0 Å². The lowest BCUT2D eigenvalue weighted by Gasteiger charge is -2.16. The molecule has 0 spiro atoms. The molecular formula is C20H15NO. The van der Waals surface area contributed by atoms with Gasteiger partial charge in [0.25, 0.3) is 0 Å². The fourth-order valence-electron chi connectivity index (χ4n) is 3.30. The van der Waals surface area contributed by atoms with Crippen molar-refractivity contribution >= 4 is 43.9 Å². The summed E-state index contributed by atoms with van der Waals surface area (Å²) in [6.45, 7) is 5.56. The van der Waals surface area contributed by atoms with Crippen LogP contribution in [0.3, 0.4) is 0 Å². The maximum atomic E-state index is 11.8. The molecule has 0 unspecified atom stereocenters. The SMILES string of the molecule is C=CC(=O)Nc1c(C)cc2ccc3cccc4ccc1c2c34. The molecule has 1 N–H and O–H groups in total. The Balaban J connectivity index is 2.19. The quantitative estimate of drug-likeness (QED) is 0.407. The third-order valence-electron chi connectivity index (χ3n) is 4.28. The Morgan fingerprint density at radius 2 is 1.68 bits per heavy atom. The molecule has 0 radical (unpaired) electrons. The number of amides is 1. The molecule has 0 aliphatic carbocycles. The number of hydrogen-bond acceptors (Lipinski definition) is 1. The Hall–Kier alpha value is -2.87. The number of carbonyl (C=O) groups excluding carboxylic acids is 1. The summed E-state index contributed by atoms with van der Waals surface area (Å²) in [5, 5.41) is 10.1. The maximum absolute atomic E-state index is 11.8. The number of nitrogens with one attached hydrogen (secondary N) is 1. The molecule has 22 heavy (non-hydrogen) atoms. The number of hydrogen-bond donors (Lipinski definition) is 1. The van der Waals surface area contributed by atoms with Gasteiger partial charge in [0.1, 0.15) is 0 Å². The van der Waals surface area contributed by atoms with Crippen molar-refractivity contribution in [2.45, 2.75) is 6.92 Å². The normalized spacial score (nSPS) is 11.3. The van der Waals surface area contributed by atoms with Crippen molar-refractivity contribution in [1.82, 2.24) is 0 Å². The van der Waals surface area contributed by atoms with E-state index in [1.807, 2.05) is 6.92 Å². The number of carbonyl (C=O) groups is 1. The lowest BCUT2D eigenvalue weighted by Crippen LogP contribution is -2.09. The zero-order valence-corrected chi connectivity index (χ0v) is 12.3. The third kappa shape index (κ3) is 1.70. The summed E-state index contributed by atoms with van der Waals surface area (Å²) < 4.78 is 0. The molecule has 2 heteroatoms. The van der Waals surface area contributed by atoms with Gasteiger partial charge in [0.2, 0.25) is 5.91 Å². The third-order valence-corrected chi connectivity index (χ3v) is 4.28. The Kier molecular flexibility index (Phi) is 2.67. The van der Waals surface area contributed by atoms with Crippen LogP contribution in [0.25, 0.3) is 32.3 Å². The van der Waals surface area contributed by atoms with Crippen molar-refractivity contribution in [3.05, 3.63) is 66.7 Å². The van der Waals surface area contributed by atoms with E-state index in [0.29, 0.717) is 0 Å². The molecule has 0 saturated heterocycles. The van der Waals surface area contributed by atoms with E-state index in [1.54, 1.807) is 0 Å². The van der Waals surface area contributed by atoms with Gasteiger partial charge in [-0.3, -0.25) is 4.79 Å². The molecule has 0 aromatic heterocycles. The highest BCUT2D eigenvalue weighted by molar-refractivity contribution is 6.26. The van der Waals surface area contributed by atoms with E-state index in [0.717, 1.165) is 16.6 Å². The molecule has 4 rings (SSSR count). The molecule has 2 nitrogen and oxygen atoms in total. The fourth-order valence-corrected chi connectivity index (χ4v) is 3.30. The molecule has 0 aliphatic heterocycles. The van der Waals surface area contributed by atoms with E-state index in [2.05, 4.69) is 60.4 Å². The zero-order chi connectivity index (χ0) is 15.3. The molecule has 4 aromatic carbocycles. The minimum atomic E-state index is -0.182. The summed E-state index contributed by atoms with van der Waals surface area (Å²) in [6, 6.07) is 17.0. The Labute approximate surface area is 128 Å². The van der Waals surface area contributed by atoms with Crippen molar-refractivity contribution in [2.75, 3.05) is 5.32 Å². The fraction of sp³-hybridized carbons (Fsp3) is 0.0500. The van der Waals surface area contributed by atoms with E-state index in [1.165, 1.54) is 33.0 Å². The van der Waals surface area contributed by atoms with Crippen LogP contribution in [0, 0.1) is 6.92 Å². The van der Waals surface area contributed by atoms with Crippen LogP contribution in [0.2, 0.25) is 0 Å². The van der Waals surface area contributed by atoms with E-state index in [-0.39, 0.29) is 5.91 Å². The predicted molar refractivity (Wildman–Crippen MR) is 93.7 cm³/mol. The average Bonchev–Trinajstić information content (AvgIpc) is 2.54. The second-order valence-electron chi connectivity index (χ2n) is 5.62. The topological polar surface area (TPSA) is 29.1 Å². The summed E-state index contributed by atoms with van der Waals surface area (Å²) in [5.74, 6) is -0.182. The van der Waals surface area contributed by atoms with Crippen LogP contribution in [-0.4, -0.2) is 5.91 Å². The van der Waals surface area contributed by atoms with Crippen LogP contribution in [0.5, 0.6) is 0 Å². The number of aryl methyl sites for hydroxylation is 1. The van der Waals surface area contributed by atoms with Crippen LogP contribution in [0.15, 0.2) is 61.2 Å².